The van der Waals surface area contributed by atoms with Gasteiger partial charge in [0.2, 0.25) is 0 Å². The Morgan fingerprint density at radius 2 is 1.17 bits per heavy atom. The van der Waals surface area contributed by atoms with Gasteiger partial charge in [-0.25, -0.2) is 15.5 Å². The third-order valence-corrected chi connectivity index (χ3v) is 7.38. The number of carbonyl (C=O) groups is 4. The quantitative estimate of drug-likeness (QED) is 0.383. The van der Waals surface area contributed by atoms with Crippen molar-refractivity contribution >= 4 is 24.0 Å². The zero-order valence-corrected chi connectivity index (χ0v) is 26.0. The Morgan fingerprint density at radius 3 is 1.55 bits per heavy atom. The van der Waals surface area contributed by atoms with Gasteiger partial charge in [-0.05, 0) is 92.2 Å². The van der Waals surface area contributed by atoms with E-state index in [1.807, 2.05) is 41.5 Å². The minimum atomic E-state index is -0.556. The molecule has 12 heteroatoms. The van der Waals surface area contributed by atoms with Gasteiger partial charge in [0.25, 0.3) is 11.8 Å². The average Bonchev–Trinajstić information content (AvgIpc) is 3.63. The predicted octanol–water partition coefficient (Wildman–Crippen LogP) is 4.67. The van der Waals surface area contributed by atoms with Crippen LogP contribution in [0.2, 0.25) is 0 Å². The SMILES string of the molecule is CN(C(=O)OC(C)(C)C)C1CCC(ON)C1.CN(C(=O)OC(C)(C)C)C1CCC(ON2C(=O)c3ccccc3C2=O)C1. The molecule has 0 bridgehead atoms. The van der Waals surface area contributed by atoms with Crippen LogP contribution in [0.25, 0.3) is 0 Å². The summed E-state index contributed by atoms with van der Waals surface area (Å²) in [7, 11) is 3.46. The van der Waals surface area contributed by atoms with Crippen molar-refractivity contribution in [3.8, 4) is 0 Å². The monoisotopic (exact) mass is 590 g/mol. The summed E-state index contributed by atoms with van der Waals surface area (Å²) in [6, 6.07) is 6.79. The molecule has 1 aliphatic heterocycles. The molecule has 4 rings (SSSR count). The zero-order chi connectivity index (χ0) is 31.4. The first-order chi connectivity index (χ1) is 19.5. The van der Waals surface area contributed by atoms with Gasteiger partial charge < -0.3 is 24.1 Å². The first-order valence-electron chi connectivity index (χ1n) is 14.4. The molecule has 1 aromatic carbocycles. The third kappa shape index (κ3) is 8.65. The normalized spacial score (nSPS) is 23.7. The number of carbonyl (C=O) groups excluding carboxylic acids is 4. The molecule has 4 amide bonds. The highest BCUT2D eigenvalue weighted by atomic mass is 16.7. The van der Waals surface area contributed by atoms with E-state index in [-0.39, 0.29) is 36.5 Å². The summed E-state index contributed by atoms with van der Waals surface area (Å²) in [6.07, 6.45) is 3.62. The molecule has 0 radical (unpaired) electrons. The van der Waals surface area contributed by atoms with E-state index < -0.39 is 23.0 Å². The largest absolute Gasteiger partial charge is 0.444 e. The predicted molar refractivity (Wildman–Crippen MR) is 154 cm³/mol. The molecule has 12 nitrogen and oxygen atoms in total. The van der Waals surface area contributed by atoms with Crippen molar-refractivity contribution in [3.05, 3.63) is 35.4 Å². The number of nitrogens with two attached hydrogens (primary N) is 1. The van der Waals surface area contributed by atoms with Crippen LogP contribution in [-0.2, 0) is 19.1 Å². The van der Waals surface area contributed by atoms with Crippen LogP contribution in [0.15, 0.2) is 24.3 Å². The van der Waals surface area contributed by atoms with Gasteiger partial charge in [0, 0.05) is 26.2 Å². The molecule has 0 aromatic heterocycles. The van der Waals surface area contributed by atoms with Crippen LogP contribution in [0.5, 0.6) is 0 Å². The van der Waals surface area contributed by atoms with Gasteiger partial charge in [0.1, 0.15) is 11.2 Å². The zero-order valence-electron chi connectivity index (χ0n) is 26.0. The van der Waals surface area contributed by atoms with E-state index in [1.165, 1.54) is 0 Å². The molecule has 0 spiro atoms. The summed E-state index contributed by atoms with van der Waals surface area (Å²) in [5.74, 6) is 4.27. The van der Waals surface area contributed by atoms with Gasteiger partial charge in [-0.3, -0.25) is 14.4 Å². The van der Waals surface area contributed by atoms with Crippen molar-refractivity contribution < 1.29 is 38.3 Å². The van der Waals surface area contributed by atoms with Crippen molar-refractivity contribution in [2.24, 2.45) is 5.90 Å². The molecule has 4 atom stereocenters. The van der Waals surface area contributed by atoms with Crippen LogP contribution >= 0.6 is 0 Å². The van der Waals surface area contributed by atoms with Crippen LogP contribution in [0.4, 0.5) is 9.59 Å². The second-order valence-electron chi connectivity index (χ2n) is 13.1. The fourth-order valence-corrected chi connectivity index (χ4v) is 5.14. The van der Waals surface area contributed by atoms with E-state index in [4.69, 9.17) is 25.0 Å². The van der Waals surface area contributed by atoms with Gasteiger partial charge in [0.15, 0.2) is 0 Å². The molecule has 2 saturated carbocycles. The lowest BCUT2D eigenvalue weighted by molar-refractivity contribution is -0.130. The first-order valence-corrected chi connectivity index (χ1v) is 14.4. The van der Waals surface area contributed by atoms with Gasteiger partial charge in [0.05, 0.1) is 23.3 Å². The highest BCUT2D eigenvalue weighted by Gasteiger charge is 2.41. The number of ether oxygens (including phenoxy) is 2. The van der Waals surface area contributed by atoms with Crippen LogP contribution in [0.1, 0.15) is 101 Å². The summed E-state index contributed by atoms with van der Waals surface area (Å²) in [4.78, 5) is 62.4. The van der Waals surface area contributed by atoms with Gasteiger partial charge in [-0.1, -0.05) is 12.1 Å². The number of fused-ring (bicyclic) bond motifs is 1. The van der Waals surface area contributed by atoms with E-state index in [0.29, 0.717) is 24.0 Å². The van der Waals surface area contributed by atoms with E-state index >= 15 is 0 Å². The molecule has 234 valence electrons. The summed E-state index contributed by atoms with van der Waals surface area (Å²) in [6.45, 7) is 11.0. The maximum atomic E-state index is 12.4. The second kappa shape index (κ2) is 13.4. The molecule has 4 unspecified atom stereocenters. The Morgan fingerprint density at radius 1 is 0.762 bits per heavy atom. The highest BCUT2D eigenvalue weighted by molar-refractivity contribution is 6.20. The molecule has 42 heavy (non-hydrogen) atoms. The van der Waals surface area contributed by atoms with E-state index in [0.717, 1.165) is 30.7 Å². The van der Waals surface area contributed by atoms with Crippen LogP contribution in [0.3, 0.4) is 0 Å². The standard InChI is InChI=1S/C19H24N2O5.C11H22N2O3/c1-19(2,3)25-18(24)20(4)12-9-10-13(11-12)26-21-16(22)14-7-5-6-8-15(14)17(21)23;1-11(2,3)15-10(14)13(4)8-5-6-9(7-8)16-12/h5-8,12-13H,9-11H2,1-4H3;8-9H,5-7,12H2,1-4H3. The maximum absolute atomic E-state index is 12.4. The Balaban J connectivity index is 0.000000260. The van der Waals surface area contributed by atoms with E-state index in [1.54, 1.807) is 48.2 Å². The minimum Gasteiger partial charge on any atom is -0.444 e. The molecular formula is C30H46N4O8. The number of amides is 4. The Labute approximate surface area is 248 Å². The Kier molecular flexibility index (Phi) is 10.6. The van der Waals surface area contributed by atoms with Gasteiger partial charge >= 0.3 is 12.2 Å². The Bertz CT molecular complexity index is 1110. The molecule has 2 aliphatic carbocycles. The van der Waals surface area contributed by atoms with Crippen LogP contribution in [0, 0.1) is 0 Å². The lowest BCUT2D eigenvalue weighted by Gasteiger charge is -2.28. The fraction of sp³-hybridized carbons (Fsp3) is 0.667. The number of hydrogen-bond acceptors (Lipinski definition) is 9. The lowest BCUT2D eigenvalue weighted by Crippen LogP contribution is -2.40. The number of imide groups is 1. The number of hydroxylamine groups is 2. The van der Waals surface area contributed by atoms with Crippen molar-refractivity contribution in [1.82, 2.24) is 14.9 Å². The number of nitrogens with zero attached hydrogens (tertiary/aromatic N) is 3. The van der Waals surface area contributed by atoms with Crippen LogP contribution in [-0.4, -0.2) is 88.5 Å². The van der Waals surface area contributed by atoms with Crippen molar-refractivity contribution in [3.63, 3.8) is 0 Å². The summed E-state index contributed by atoms with van der Waals surface area (Å²) < 4.78 is 10.7. The summed E-state index contributed by atoms with van der Waals surface area (Å²) >= 11 is 0. The summed E-state index contributed by atoms with van der Waals surface area (Å²) in [5.41, 5.74) is -0.288. The molecule has 2 fully saturated rings. The smallest absolute Gasteiger partial charge is 0.410 e. The molecule has 1 heterocycles. The van der Waals surface area contributed by atoms with E-state index in [9.17, 15) is 19.2 Å². The van der Waals surface area contributed by atoms with Crippen LogP contribution < -0.4 is 5.90 Å². The number of rotatable bonds is 5. The number of benzene rings is 1. The molecule has 0 saturated heterocycles. The Hall–Kier alpha value is -3.22. The second-order valence-corrected chi connectivity index (χ2v) is 13.1. The minimum absolute atomic E-state index is 0.0509. The maximum Gasteiger partial charge on any atom is 0.410 e. The average molecular weight is 591 g/mol. The first kappa shape index (κ1) is 33.3. The molecular weight excluding hydrogens is 544 g/mol. The van der Waals surface area contributed by atoms with Gasteiger partial charge in [-0.15, -0.1) is 5.06 Å². The van der Waals surface area contributed by atoms with Crippen molar-refractivity contribution in [2.45, 2.75) is 116 Å². The molecule has 1 aromatic rings. The number of hydrogen-bond donors (Lipinski definition) is 1. The fourth-order valence-electron chi connectivity index (χ4n) is 5.14. The molecule has 2 N–H and O–H groups in total. The van der Waals surface area contributed by atoms with E-state index in [2.05, 4.69) is 0 Å². The molecule has 3 aliphatic rings. The summed E-state index contributed by atoms with van der Waals surface area (Å²) in [5, 5.41) is 0.852. The van der Waals surface area contributed by atoms with Crippen molar-refractivity contribution in [2.75, 3.05) is 14.1 Å². The topological polar surface area (TPSA) is 141 Å². The van der Waals surface area contributed by atoms with Gasteiger partial charge in [-0.2, -0.15) is 0 Å². The highest BCUT2D eigenvalue weighted by Crippen LogP contribution is 2.31. The lowest BCUT2D eigenvalue weighted by atomic mass is 10.1. The third-order valence-electron chi connectivity index (χ3n) is 7.38. The van der Waals surface area contributed by atoms with Crippen molar-refractivity contribution in [1.29, 1.82) is 0 Å².